The van der Waals surface area contributed by atoms with E-state index in [-0.39, 0.29) is 24.3 Å². The molecule has 2 aliphatic rings. The van der Waals surface area contributed by atoms with E-state index in [0.29, 0.717) is 18.7 Å². The molecule has 7 heteroatoms. The van der Waals surface area contributed by atoms with Gasteiger partial charge in [-0.15, -0.1) is 0 Å². The number of piperidine rings is 1. The number of halogens is 1. The highest BCUT2D eigenvalue weighted by Gasteiger charge is 2.29. The van der Waals surface area contributed by atoms with E-state index in [9.17, 15) is 9.18 Å². The minimum atomic E-state index is -0.383. The molecule has 2 saturated heterocycles. The molecular weight excluding hydrogens is 393 g/mol. The summed E-state index contributed by atoms with van der Waals surface area (Å²) >= 11 is 0. The minimum absolute atomic E-state index is 0.0169. The number of nitriles is 1. The van der Waals surface area contributed by atoms with Gasteiger partial charge in [0.05, 0.1) is 6.07 Å². The fourth-order valence-electron chi connectivity index (χ4n) is 4.45. The zero-order valence-corrected chi connectivity index (χ0v) is 17.6. The Balaban J connectivity index is 1.57. The van der Waals surface area contributed by atoms with Gasteiger partial charge in [-0.3, -0.25) is 4.79 Å². The predicted molar refractivity (Wildman–Crippen MR) is 121 cm³/mol. The third-order valence-corrected chi connectivity index (χ3v) is 6.04. The van der Waals surface area contributed by atoms with Gasteiger partial charge in [0.15, 0.2) is 0 Å². The highest BCUT2D eigenvalue weighted by molar-refractivity contribution is 5.86. The van der Waals surface area contributed by atoms with Crippen molar-refractivity contribution in [2.24, 2.45) is 0 Å². The van der Waals surface area contributed by atoms with Gasteiger partial charge in [-0.05, 0) is 60.7 Å². The van der Waals surface area contributed by atoms with Crippen LogP contribution in [0.25, 0.3) is 11.1 Å². The van der Waals surface area contributed by atoms with Gasteiger partial charge in [-0.25, -0.2) is 4.39 Å². The average molecular weight is 422 g/mol. The smallest absolute Gasteiger partial charge is 0.243 e. The van der Waals surface area contributed by atoms with Gasteiger partial charge in [0, 0.05) is 44.1 Å². The van der Waals surface area contributed by atoms with E-state index in [4.69, 9.17) is 5.26 Å². The van der Waals surface area contributed by atoms with Crippen molar-refractivity contribution in [3.63, 3.8) is 0 Å². The molecule has 162 valence electrons. The second kappa shape index (κ2) is 9.80. The van der Waals surface area contributed by atoms with E-state index in [2.05, 4.69) is 27.7 Å². The monoisotopic (exact) mass is 421 g/mol. The van der Waals surface area contributed by atoms with Crippen LogP contribution in [0.3, 0.4) is 0 Å². The van der Waals surface area contributed by atoms with E-state index in [0.717, 1.165) is 50.1 Å². The summed E-state index contributed by atoms with van der Waals surface area (Å²) < 4.78 is 14.6. The largest absolute Gasteiger partial charge is 0.369 e. The maximum absolute atomic E-state index is 14.6. The Bertz CT molecular complexity index is 949. The third kappa shape index (κ3) is 4.97. The van der Waals surface area contributed by atoms with Crippen LogP contribution in [0, 0.1) is 17.1 Å². The van der Waals surface area contributed by atoms with Gasteiger partial charge < -0.3 is 20.4 Å². The summed E-state index contributed by atoms with van der Waals surface area (Å²) in [5, 5.41) is 14.8. The molecule has 6 nitrogen and oxygen atoms in total. The first-order valence-corrected chi connectivity index (χ1v) is 10.9. The second-order valence-corrected chi connectivity index (χ2v) is 8.06. The molecule has 2 aromatic rings. The third-order valence-electron chi connectivity index (χ3n) is 6.04. The SMILES string of the molecule is N#CCNC(=O)C1CCCCN1c1cc(F)cc(-c2ccc(N3CCNCC3)cc2)c1. The number of nitrogens with zero attached hydrogens (tertiary/aromatic N) is 3. The van der Waals surface area contributed by atoms with Crippen molar-refractivity contribution in [3.8, 4) is 17.2 Å². The van der Waals surface area contributed by atoms with Crippen LogP contribution in [0.15, 0.2) is 42.5 Å². The van der Waals surface area contributed by atoms with Crippen molar-refractivity contribution in [1.82, 2.24) is 10.6 Å². The molecule has 1 unspecified atom stereocenters. The number of piperazine rings is 1. The van der Waals surface area contributed by atoms with Crippen molar-refractivity contribution < 1.29 is 9.18 Å². The molecule has 0 spiro atoms. The number of benzene rings is 2. The summed E-state index contributed by atoms with van der Waals surface area (Å²) in [6, 6.07) is 14.8. The Morgan fingerprint density at radius 1 is 1.06 bits per heavy atom. The lowest BCUT2D eigenvalue weighted by Crippen LogP contribution is -2.49. The van der Waals surface area contributed by atoms with E-state index in [1.165, 1.54) is 17.8 Å². The lowest BCUT2D eigenvalue weighted by Gasteiger charge is -2.36. The van der Waals surface area contributed by atoms with Crippen LogP contribution in [0.5, 0.6) is 0 Å². The first-order valence-electron chi connectivity index (χ1n) is 10.9. The lowest BCUT2D eigenvalue weighted by molar-refractivity contribution is -0.122. The van der Waals surface area contributed by atoms with Crippen LogP contribution in [0.1, 0.15) is 19.3 Å². The molecule has 2 aromatic carbocycles. The number of rotatable bonds is 5. The maximum Gasteiger partial charge on any atom is 0.243 e. The predicted octanol–water partition coefficient (Wildman–Crippen LogP) is 2.90. The molecule has 0 radical (unpaired) electrons. The quantitative estimate of drug-likeness (QED) is 0.727. The van der Waals surface area contributed by atoms with Crippen LogP contribution in [0.4, 0.5) is 15.8 Å². The molecule has 2 N–H and O–H groups in total. The first kappa shape index (κ1) is 21.1. The highest BCUT2D eigenvalue weighted by Crippen LogP contribution is 2.31. The van der Waals surface area contributed by atoms with Gasteiger partial charge >= 0.3 is 0 Å². The molecule has 2 fully saturated rings. The Hall–Kier alpha value is -3.11. The van der Waals surface area contributed by atoms with Crippen molar-refractivity contribution in [1.29, 1.82) is 5.26 Å². The van der Waals surface area contributed by atoms with Gasteiger partial charge in [0.2, 0.25) is 5.91 Å². The van der Waals surface area contributed by atoms with Crippen molar-refractivity contribution in [2.45, 2.75) is 25.3 Å². The number of carbonyl (C=O) groups is 1. The Morgan fingerprint density at radius 3 is 2.58 bits per heavy atom. The van der Waals surface area contributed by atoms with Crippen LogP contribution in [-0.4, -0.2) is 51.2 Å². The van der Waals surface area contributed by atoms with E-state index in [1.807, 2.05) is 29.2 Å². The molecular formula is C24H28FN5O. The minimum Gasteiger partial charge on any atom is -0.369 e. The number of nitrogens with one attached hydrogen (secondary N) is 2. The van der Waals surface area contributed by atoms with Crippen molar-refractivity contribution >= 4 is 17.3 Å². The molecule has 0 saturated carbocycles. The van der Waals surface area contributed by atoms with E-state index in [1.54, 1.807) is 0 Å². The number of anilines is 2. The van der Waals surface area contributed by atoms with Gasteiger partial charge in [0.1, 0.15) is 18.4 Å². The van der Waals surface area contributed by atoms with Crippen LogP contribution in [0.2, 0.25) is 0 Å². The van der Waals surface area contributed by atoms with Crippen LogP contribution < -0.4 is 20.4 Å². The average Bonchev–Trinajstić information content (AvgIpc) is 2.83. The van der Waals surface area contributed by atoms with Gasteiger partial charge in [0.25, 0.3) is 0 Å². The lowest BCUT2D eigenvalue weighted by atomic mass is 9.98. The van der Waals surface area contributed by atoms with E-state index < -0.39 is 0 Å². The summed E-state index contributed by atoms with van der Waals surface area (Å²) in [6.45, 7) is 4.59. The number of hydrogen-bond donors (Lipinski definition) is 2. The number of carbonyl (C=O) groups excluding carboxylic acids is 1. The number of hydrogen-bond acceptors (Lipinski definition) is 5. The van der Waals surface area contributed by atoms with Crippen LogP contribution >= 0.6 is 0 Å². The summed E-state index contributed by atoms with van der Waals surface area (Å²) in [5.74, 6) is -0.493. The highest BCUT2D eigenvalue weighted by atomic mass is 19.1. The molecule has 2 aliphatic heterocycles. The summed E-state index contributed by atoms with van der Waals surface area (Å²) in [4.78, 5) is 16.9. The fraction of sp³-hybridized carbons (Fsp3) is 0.417. The summed E-state index contributed by atoms with van der Waals surface area (Å²) in [7, 11) is 0. The van der Waals surface area contributed by atoms with Gasteiger partial charge in [-0.1, -0.05) is 12.1 Å². The number of amides is 1. The zero-order chi connectivity index (χ0) is 21.6. The zero-order valence-electron chi connectivity index (χ0n) is 17.6. The maximum atomic E-state index is 14.6. The molecule has 1 amide bonds. The van der Waals surface area contributed by atoms with Crippen molar-refractivity contribution in [3.05, 3.63) is 48.3 Å². The molecule has 1 atom stereocenters. The van der Waals surface area contributed by atoms with Crippen molar-refractivity contribution in [2.75, 3.05) is 49.1 Å². The summed E-state index contributed by atoms with van der Waals surface area (Å²) in [6.07, 6.45) is 2.59. The van der Waals surface area contributed by atoms with Gasteiger partial charge in [-0.2, -0.15) is 5.26 Å². The fourth-order valence-corrected chi connectivity index (χ4v) is 4.45. The topological polar surface area (TPSA) is 71.4 Å². The van der Waals surface area contributed by atoms with Crippen LogP contribution in [-0.2, 0) is 4.79 Å². The first-order chi connectivity index (χ1) is 15.2. The Kier molecular flexibility index (Phi) is 6.68. The molecule has 2 heterocycles. The van der Waals surface area contributed by atoms with E-state index >= 15 is 0 Å². The molecule has 0 aliphatic carbocycles. The standard InChI is InChI=1S/C24H28FN5O/c25-20-15-19(18-4-6-21(7-5-18)29-13-10-27-11-14-29)16-22(17-20)30-12-2-1-3-23(30)24(31)28-9-8-26/h4-7,15-17,23,27H,1-3,9-14H2,(H,28,31). The normalized spacial score (nSPS) is 19.0. The molecule has 4 rings (SSSR count). The molecule has 31 heavy (non-hydrogen) atoms. The Labute approximate surface area is 182 Å². The summed E-state index contributed by atoms with van der Waals surface area (Å²) in [5.41, 5.74) is 3.62. The Morgan fingerprint density at radius 2 is 1.84 bits per heavy atom. The molecule has 0 bridgehead atoms. The molecule has 0 aromatic heterocycles. The second-order valence-electron chi connectivity index (χ2n) is 8.06.